The van der Waals surface area contributed by atoms with Gasteiger partial charge in [0.25, 0.3) is 0 Å². The van der Waals surface area contributed by atoms with Crippen molar-refractivity contribution in [1.82, 2.24) is 0 Å². The van der Waals surface area contributed by atoms with E-state index in [1.807, 2.05) is 0 Å². The minimum absolute atomic E-state index is 0.124. The molecule has 0 aliphatic heterocycles. The zero-order chi connectivity index (χ0) is 8.32. The summed E-state index contributed by atoms with van der Waals surface area (Å²) in [6, 6.07) is 0. The number of rotatable bonds is 2. The highest BCUT2D eigenvalue weighted by Gasteiger charge is 2.34. The van der Waals surface area contributed by atoms with Crippen LogP contribution in [-0.4, -0.2) is 27.7 Å². The lowest BCUT2D eigenvalue weighted by Gasteiger charge is -2.32. The Morgan fingerprint density at radius 2 is 1.64 bits per heavy atom. The zero-order valence-corrected chi connectivity index (χ0v) is 6.66. The van der Waals surface area contributed by atoms with Crippen LogP contribution in [0.5, 0.6) is 0 Å². The van der Waals surface area contributed by atoms with Gasteiger partial charge in [0.15, 0.2) is 5.79 Å². The highest BCUT2D eigenvalue weighted by atomic mass is 16.5. The van der Waals surface area contributed by atoms with Gasteiger partial charge in [-0.2, -0.15) is 0 Å². The normalized spacial score (nSPS) is 22.1. The van der Waals surface area contributed by atoms with E-state index in [-0.39, 0.29) is 5.92 Å². The van der Waals surface area contributed by atoms with Crippen LogP contribution in [-0.2, 0) is 0 Å². The molecule has 1 aliphatic rings. The Labute approximate surface area is 66.7 Å². The van der Waals surface area contributed by atoms with Crippen molar-refractivity contribution in [2.45, 2.75) is 37.9 Å². The molecule has 1 fully saturated rings. The van der Waals surface area contributed by atoms with Crippen molar-refractivity contribution in [3.05, 3.63) is 0 Å². The van der Waals surface area contributed by atoms with E-state index >= 15 is 0 Å². The highest BCUT2D eigenvalue weighted by Crippen LogP contribution is 2.30. The summed E-state index contributed by atoms with van der Waals surface area (Å²) >= 11 is 0. The summed E-state index contributed by atoms with van der Waals surface area (Å²) in [4.78, 5) is 0. The summed E-state index contributed by atoms with van der Waals surface area (Å²) in [5.41, 5.74) is 0. The van der Waals surface area contributed by atoms with Gasteiger partial charge in [0.05, 0.1) is 6.61 Å². The maximum atomic E-state index is 9.25. The van der Waals surface area contributed by atoms with Crippen LogP contribution in [0.3, 0.4) is 0 Å². The molecular weight excluding hydrogens is 144 g/mol. The van der Waals surface area contributed by atoms with Gasteiger partial charge in [0.2, 0.25) is 0 Å². The molecule has 0 saturated heterocycles. The number of hydrogen-bond donors (Lipinski definition) is 3. The Balaban J connectivity index is 2.43. The Morgan fingerprint density at radius 1 is 1.09 bits per heavy atom. The quantitative estimate of drug-likeness (QED) is 0.507. The fourth-order valence-electron chi connectivity index (χ4n) is 1.69. The Kier molecular flexibility index (Phi) is 2.87. The summed E-state index contributed by atoms with van der Waals surface area (Å²) < 4.78 is 0. The lowest BCUT2D eigenvalue weighted by molar-refractivity contribution is -0.227. The smallest absolute Gasteiger partial charge is 0.189 e. The minimum atomic E-state index is -1.83. The highest BCUT2D eigenvalue weighted by molar-refractivity contribution is 4.77. The van der Waals surface area contributed by atoms with E-state index in [0.29, 0.717) is 0 Å². The van der Waals surface area contributed by atoms with Crippen molar-refractivity contribution >= 4 is 0 Å². The zero-order valence-electron chi connectivity index (χ0n) is 6.66. The van der Waals surface area contributed by atoms with Crippen molar-refractivity contribution in [2.24, 2.45) is 5.92 Å². The summed E-state index contributed by atoms with van der Waals surface area (Å²) in [5, 5.41) is 27.2. The van der Waals surface area contributed by atoms with Gasteiger partial charge in [-0.3, -0.25) is 0 Å². The first-order chi connectivity index (χ1) is 5.17. The number of aliphatic hydroxyl groups is 3. The second-order valence-corrected chi connectivity index (χ2v) is 3.37. The first-order valence-electron chi connectivity index (χ1n) is 4.22. The van der Waals surface area contributed by atoms with Gasteiger partial charge in [0.1, 0.15) is 0 Å². The van der Waals surface area contributed by atoms with Crippen LogP contribution in [0.15, 0.2) is 0 Å². The van der Waals surface area contributed by atoms with Gasteiger partial charge in [-0.25, -0.2) is 0 Å². The van der Waals surface area contributed by atoms with E-state index in [9.17, 15) is 10.2 Å². The molecule has 1 rings (SSSR count). The molecule has 0 unspecified atom stereocenters. The maximum Gasteiger partial charge on any atom is 0.189 e. The molecule has 0 spiro atoms. The van der Waals surface area contributed by atoms with Gasteiger partial charge >= 0.3 is 0 Å². The van der Waals surface area contributed by atoms with E-state index in [0.717, 1.165) is 25.7 Å². The third kappa shape index (κ3) is 2.15. The average Bonchev–Trinajstić information content (AvgIpc) is 2.06. The Hall–Kier alpha value is -0.120. The second-order valence-electron chi connectivity index (χ2n) is 3.37. The van der Waals surface area contributed by atoms with Crippen molar-refractivity contribution in [1.29, 1.82) is 0 Å². The predicted molar refractivity (Wildman–Crippen MR) is 40.8 cm³/mol. The van der Waals surface area contributed by atoms with Crippen molar-refractivity contribution in [3.8, 4) is 0 Å². The summed E-state index contributed by atoms with van der Waals surface area (Å²) in [5.74, 6) is -1.96. The first kappa shape index (κ1) is 8.97. The molecule has 11 heavy (non-hydrogen) atoms. The summed E-state index contributed by atoms with van der Waals surface area (Å²) in [6.45, 7) is -0.544. The molecule has 1 saturated carbocycles. The molecule has 66 valence electrons. The molecule has 0 heterocycles. The molecular formula is C8H16O3. The second kappa shape index (κ2) is 3.52. The van der Waals surface area contributed by atoms with E-state index in [2.05, 4.69) is 0 Å². The third-order valence-electron chi connectivity index (χ3n) is 2.49. The monoisotopic (exact) mass is 160 g/mol. The molecule has 0 atom stereocenters. The lowest BCUT2D eigenvalue weighted by atomic mass is 9.83. The Morgan fingerprint density at radius 3 is 2.09 bits per heavy atom. The van der Waals surface area contributed by atoms with E-state index in [1.54, 1.807) is 0 Å². The third-order valence-corrected chi connectivity index (χ3v) is 2.49. The van der Waals surface area contributed by atoms with Crippen LogP contribution in [0.4, 0.5) is 0 Å². The SMILES string of the molecule is OCC(O)(O)C1CCCCC1. The summed E-state index contributed by atoms with van der Waals surface area (Å²) in [7, 11) is 0. The van der Waals surface area contributed by atoms with Crippen LogP contribution in [0.2, 0.25) is 0 Å². The molecule has 3 heteroatoms. The maximum absolute atomic E-state index is 9.25. The molecule has 0 aromatic carbocycles. The average molecular weight is 160 g/mol. The van der Waals surface area contributed by atoms with Crippen molar-refractivity contribution in [2.75, 3.05) is 6.61 Å². The van der Waals surface area contributed by atoms with Gasteiger partial charge in [-0.05, 0) is 12.8 Å². The fourth-order valence-corrected chi connectivity index (χ4v) is 1.69. The van der Waals surface area contributed by atoms with Gasteiger partial charge in [-0.15, -0.1) is 0 Å². The molecule has 1 aliphatic carbocycles. The first-order valence-corrected chi connectivity index (χ1v) is 4.22. The van der Waals surface area contributed by atoms with Crippen LogP contribution in [0.1, 0.15) is 32.1 Å². The van der Waals surface area contributed by atoms with Crippen LogP contribution < -0.4 is 0 Å². The fraction of sp³-hybridized carbons (Fsp3) is 1.00. The summed E-state index contributed by atoms with van der Waals surface area (Å²) in [6.07, 6.45) is 4.93. The predicted octanol–water partition coefficient (Wildman–Crippen LogP) is 0.240. The van der Waals surface area contributed by atoms with E-state index in [4.69, 9.17) is 5.11 Å². The lowest BCUT2D eigenvalue weighted by Crippen LogP contribution is -2.42. The molecule has 3 nitrogen and oxygen atoms in total. The molecule has 0 amide bonds. The van der Waals surface area contributed by atoms with Crippen LogP contribution in [0.25, 0.3) is 0 Å². The molecule has 0 bridgehead atoms. The number of aliphatic hydroxyl groups excluding tert-OH is 1. The minimum Gasteiger partial charge on any atom is -0.391 e. The topological polar surface area (TPSA) is 60.7 Å². The largest absolute Gasteiger partial charge is 0.391 e. The molecule has 0 aromatic rings. The molecule has 0 aromatic heterocycles. The Bertz CT molecular complexity index is 117. The molecule has 0 radical (unpaired) electrons. The van der Waals surface area contributed by atoms with E-state index in [1.165, 1.54) is 6.42 Å². The van der Waals surface area contributed by atoms with Gasteiger partial charge < -0.3 is 15.3 Å². The standard InChI is InChI=1S/C8H16O3/c9-6-8(10,11)7-4-2-1-3-5-7/h7,9-11H,1-6H2. The van der Waals surface area contributed by atoms with Crippen LogP contribution in [0, 0.1) is 5.92 Å². The van der Waals surface area contributed by atoms with Crippen molar-refractivity contribution < 1.29 is 15.3 Å². The van der Waals surface area contributed by atoms with Crippen molar-refractivity contribution in [3.63, 3.8) is 0 Å². The molecule has 3 N–H and O–H groups in total. The van der Waals surface area contributed by atoms with Crippen LogP contribution >= 0.6 is 0 Å². The van der Waals surface area contributed by atoms with E-state index < -0.39 is 12.4 Å². The number of hydrogen-bond acceptors (Lipinski definition) is 3. The van der Waals surface area contributed by atoms with Gasteiger partial charge in [-0.1, -0.05) is 19.3 Å². The van der Waals surface area contributed by atoms with Gasteiger partial charge in [0, 0.05) is 5.92 Å².